The van der Waals surface area contributed by atoms with E-state index in [-0.39, 0.29) is 22.6 Å². The fraction of sp³-hybridized carbons (Fsp3) is 0.611. The number of rotatable bonds is 6. The second-order valence-corrected chi connectivity index (χ2v) is 7.95. The van der Waals surface area contributed by atoms with Crippen molar-refractivity contribution in [2.45, 2.75) is 57.4 Å². The number of hydrogen-bond donors (Lipinski definition) is 0. The van der Waals surface area contributed by atoms with Crippen molar-refractivity contribution < 1.29 is 9.72 Å². The molecule has 1 aromatic carbocycles. The Kier molecular flexibility index (Phi) is 6.66. The van der Waals surface area contributed by atoms with E-state index < -0.39 is 0 Å². The van der Waals surface area contributed by atoms with Gasteiger partial charge in [-0.25, -0.2) is 0 Å². The first kappa shape index (κ1) is 18.8. The highest BCUT2D eigenvalue weighted by atomic mass is 32.2. The van der Waals surface area contributed by atoms with Gasteiger partial charge < -0.3 is 4.90 Å². The van der Waals surface area contributed by atoms with Gasteiger partial charge in [0.1, 0.15) is 0 Å². The first-order valence-electron chi connectivity index (χ1n) is 8.62. The summed E-state index contributed by atoms with van der Waals surface area (Å²) in [4.78, 5) is 26.2. The molecule has 1 aliphatic heterocycles. The molecule has 6 heteroatoms. The van der Waals surface area contributed by atoms with Gasteiger partial charge in [0.25, 0.3) is 11.6 Å². The van der Waals surface area contributed by atoms with Crippen LogP contribution < -0.4 is 0 Å². The standard InChI is InChI=1S/C18H26N2O3S/c1-13(2)9-11-24-17-8-7-15(12-16(17)20(22)23)18(21)19-10-5-4-6-14(19)3/h7-8,12-14H,4-6,9-11H2,1-3H3. The minimum absolute atomic E-state index is 0.0410. The quantitative estimate of drug-likeness (QED) is 0.422. The van der Waals surface area contributed by atoms with E-state index in [4.69, 9.17) is 0 Å². The van der Waals surface area contributed by atoms with Gasteiger partial charge in [0.05, 0.1) is 9.82 Å². The topological polar surface area (TPSA) is 63.5 Å². The average Bonchev–Trinajstić information content (AvgIpc) is 2.54. The molecule has 0 saturated carbocycles. The minimum atomic E-state index is -0.381. The zero-order chi connectivity index (χ0) is 17.7. The largest absolute Gasteiger partial charge is 0.336 e. The van der Waals surface area contributed by atoms with E-state index in [1.165, 1.54) is 17.8 Å². The Balaban J connectivity index is 2.18. The lowest BCUT2D eigenvalue weighted by atomic mass is 10.0. The maximum Gasteiger partial charge on any atom is 0.283 e. The van der Waals surface area contributed by atoms with E-state index in [2.05, 4.69) is 13.8 Å². The lowest BCUT2D eigenvalue weighted by molar-refractivity contribution is -0.387. The number of hydrogen-bond acceptors (Lipinski definition) is 4. The predicted molar refractivity (Wildman–Crippen MR) is 97.6 cm³/mol. The van der Waals surface area contributed by atoms with Crippen molar-refractivity contribution in [3.63, 3.8) is 0 Å². The van der Waals surface area contributed by atoms with Gasteiger partial charge in [-0.3, -0.25) is 14.9 Å². The van der Waals surface area contributed by atoms with Crippen molar-refractivity contribution in [1.82, 2.24) is 4.90 Å². The van der Waals surface area contributed by atoms with E-state index in [9.17, 15) is 14.9 Å². The molecule has 132 valence electrons. The lowest BCUT2D eigenvalue weighted by Crippen LogP contribution is -2.42. The van der Waals surface area contributed by atoms with Gasteiger partial charge >= 0.3 is 0 Å². The highest BCUT2D eigenvalue weighted by Crippen LogP contribution is 2.32. The van der Waals surface area contributed by atoms with Crippen LogP contribution in [0, 0.1) is 16.0 Å². The van der Waals surface area contributed by atoms with Crippen LogP contribution in [0.1, 0.15) is 56.8 Å². The molecule has 0 aliphatic carbocycles. The van der Waals surface area contributed by atoms with Crippen LogP contribution in [0.2, 0.25) is 0 Å². The van der Waals surface area contributed by atoms with Gasteiger partial charge in [-0.2, -0.15) is 0 Å². The molecular weight excluding hydrogens is 324 g/mol. The molecule has 1 atom stereocenters. The van der Waals surface area contributed by atoms with Crippen LogP contribution in [-0.2, 0) is 0 Å². The number of benzene rings is 1. The third-order valence-corrected chi connectivity index (χ3v) is 5.52. The molecule has 1 heterocycles. The number of nitro groups is 1. The summed E-state index contributed by atoms with van der Waals surface area (Å²) < 4.78 is 0. The maximum absolute atomic E-state index is 12.7. The molecule has 2 rings (SSSR count). The van der Waals surface area contributed by atoms with Gasteiger partial charge in [0.2, 0.25) is 0 Å². The highest BCUT2D eigenvalue weighted by Gasteiger charge is 2.26. The molecule has 0 aromatic heterocycles. The van der Waals surface area contributed by atoms with Crippen LogP contribution in [0.4, 0.5) is 5.69 Å². The third-order valence-electron chi connectivity index (χ3n) is 4.42. The molecule has 0 radical (unpaired) electrons. The third kappa shape index (κ3) is 4.72. The number of amides is 1. The molecule has 1 aliphatic rings. The molecule has 1 saturated heterocycles. The van der Waals surface area contributed by atoms with Gasteiger partial charge in [-0.05, 0) is 56.4 Å². The van der Waals surface area contributed by atoms with Gasteiger partial charge in [-0.1, -0.05) is 13.8 Å². The Morgan fingerprint density at radius 2 is 2.17 bits per heavy atom. The molecule has 1 amide bonds. The van der Waals surface area contributed by atoms with Crippen molar-refractivity contribution in [2.75, 3.05) is 12.3 Å². The van der Waals surface area contributed by atoms with Gasteiger partial charge in [0.15, 0.2) is 0 Å². The Hall–Kier alpha value is -1.56. The SMILES string of the molecule is CC(C)CCSc1ccc(C(=O)N2CCCCC2C)cc1[N+](=O)[O-]. The Morgan fingerprint density at radius 3 is 2.79 bits per heavy atom. The molecule has 0 bridgehead atoms. The molecule has 0 N–H and O–H groups in total. The number of likely N-dealkylation sites (tertiary alicyclic amines) is 1. The fourth-order valence-corrected chi connectivity index (χ4v) is 4.14. The van der Waals surface area contributed by atoms with E-state index in [0.717, 1.165) is 38.0 Å². The van der Waals surface area contributed by atoms with Crippen molar-refractivity contribution in [3.8, 4) is 0 Å². The van der Waals surface area contributed by atoms with Crippen LogP contribution in [0.25, 0.3) is 0 Å². The van der Waals surface area contributed by atoms with Crippen LogP contribution >= 0.6 is 11.8 Å². The van der Waals surface area contributed by atoms with Crippen LogP contribution in [0.3, 0.4) is 0 Å². The monoisotopic (exact) mass is 350 g/mol. The Morgan fingerprint density at radius 1 is 1.42 bits per heavy atom. The summed E-state index contributed by atoms with van der Waals surface area (Å²) in [6.45, 7) is 7.05. The normalized spacial score (nSPS) is 18.0. The van der Waals surface area contributed by atoms with E-state index in [0.29, 0.717) is 16.4 Å². The molecule has 1 fully saturated rings. The first-order chi connectivity index (χ1) is 11.4. The lowest BCUT2D eigenvalue weighted by Gasteiger charge is -2.33. The number of nitrogens with zero attached hydrogens (tertiary/aromatic N) is 2. The first-order valence-corrected chi connectivity index (χ1v) is 9.61. The number of thioether (sulfide) groups is 1. The summed E-state index contributed by atoms with van der Waals surface area (Å²) in [6.07, 6.45) is 4.14. The summed E-state index contributed by atoms with van der Waals surface area (Å²) in [5, 5.41) is 11.4. The van der Waals surface area contributed by atoms with Crippen molar-refractivity contribution >= 4 is 23.4 Å². The van der Waals surface area contributed by atoms with Crippen LogP contribution in [0.15, 0.2) is 23.1 Å². The zero-order valence-corrected chi connectivity index (χ0v) is 15.5. The highest BCUT2D eigenvalue weighted by molar-refractivity contribution is 7.99. The minimum Gasteiger partial charge on any atom is -0.336 e. The van der Waals surface area contributed by atoms with Crippen molar-refractivity contribution in [1.29, 1.82) is 0 Å². The molecular formula is C18H26N2O3S. The van der Waals surface area contributed by atoms with Crippen molar-refractivity contribution in [3.05, 3.63) is 33.9 Å². The van der Waals surface area contributed by atoms with E-state index >= 15 is 0 Å². The smallest absolute Gasteiger partial charge is 0.283 e. The van der Waals surface area contributed by atoms with Gasteiger partial charge in [-0.15, -0.1) is 11.8 Å². The number of carbonyl (C=O) groups excluding carboxylic acids is 1. The predicted octanol–water partition coefficient (Wildman–Crippen LogP) is 4.75. The second-order valence-electron chi connectivity index (χ2n) is 6.81. The molecule has 0 spiro atoms. The van der Waals surface area contributed by atoms with Crippen LogP contribution in [0.5, 0.6) is 0 Å². The molecule has 24 heavy (non-hydrogen) atoms. The summed E-state index contributed by atoms with van der Waals surface area (Å²) >= 11 is 1.49. The van der Waals surface area contributed by atoms with Gasteiger partial charge in [0, 0.05) is 24.2 Å². The summed E-state index contributed by atoms with van der Waals surface area (Å²) in [6, 6.07) is 5.10. The molecule has 1 aromatic rings. The Bertz CT molecular complexity index is 604. The average molecular weight is 350 g/mol. The Labute approximate surface area is 148 Å². The van der Waals surface area contributed by atoms with Crippen LogP contribution in [-0.4, -0.2) is 34.1 Å². The number of carbonyl (C=O) groups is 1. The maximum atomic E-state index is 12.7. The van der Waals surface area contributed by atoms with E-state index in [1.807, 2.05) is 11.8 Å². The number of nitro benzene ring substituents is 1. The molecule has 5 nitrogen and oxygen atoms in total. The summed E-state index contributed by atoms with van der Waals surface area (Å²) in [7, 11) is 0. The zero-order valence-electron chi connectivity index (χ0n) is 14.7. The van der Waals surface area contributed by atoms with Crippen molar-refractivity contribution in [2.24, 2.45) is 5.92 Å². The summed E-state index contributed by atoms with van der Waals surface area (Å²) in [5.74, 6) is 1.32. The molecule has 1 unspecified atom stereocenters. The second kappa shape index (κ2) is 8.51. The fourth-order valence-electron chi connectivity index (χ4n) is 2.89. The summed E-state index contributed by atoms with van der Waals surface area (Å²) in [5.41, 5.74) is 0.461. The number of piperidine rings is 1. The van der Waals surface area contributed by atoms with E-state index in [1.54, 1.807) is 12.1 Å².